The van der Waals surface area contributed by atoms with Crippen molar-refractivity contribution in [3.05, 3.63) is 24.3 Å². The fourth-order valence-electron chi connectivity index (χ4n) is 3.14. The predicted octanol–water partition coefficient (Wildman–Crippen LogP) is 4.14. The van der Waals surface area contributed by atoms with Gasteiger partial charge in [-0.25, -0.2) is 4.79 Å². The van der Waals surface area contributed by atoms with Crippen LogP contribution in [-0.4, -0.2) is 36.4 Å². The molecule has 1 aromatic rings. The molecule has 0 aliphatic heterocycles. The van der Waals surface area contributed by atoms with Gasteiger partial charge in [0.05, 0.1) is 7.11 Å². The Morgan fingerprint density at radius 1 is 1.35 bits per heavy atom. The van der Waals surface area contributed by atoms with E-state index in [9.17, 15) is 4.79 Å². The Hall–Kier alpha value is -1.36. The molecule has 1 aliphatic carbocycles. The molecular weight excluding hydrogens is 308 g/mol. The molecule has 1 aliphatic rings. The Labute approximate surface area is 143 Å². The Kier molecular flexibility index (Phi) is 7.09. The summed E-state index contributed by atoms with van der Waals surface area (Å²) in [5, 5.41) is 0. The Bertz CT molecular complexity index is 502. The molecule has 0 bridgehead atoms. The molecule has 0 unspecified atom stereocenters. The van der Waals surface area contributed by atoms with Crippen LogP contribution in [0.3, 0.4) is 0 Å². The van der Waals surface area contributed by atoms with Crippen molar-refractivity contribution >= 4 is 17.8 Å². The number of ether oxygens (including phenoxy) is 1. The molecule has 128 valence electrons. The monoisotopic (exact) mass is 336 g/mol. The van der Waals surface area contributed by atoms with Crippen LogP contribution in [0.1, 0.15) is 39.0 Å². The molecule has 0 radical (unpaired) electrons. The summed E-state index contributed by atoms with van der Waals surface area (Å²) < 4.78 is 5.24. The van der Waals surface area contributed by atoms with Gasteiger partial charge in [-0.1, -0.05) is 13.0 Å². The lowest BCUT2D eigenvalue weighted by Gasteiger charge is -2.35. The molecule has 1 aromatic carbocycles. The fourth-order valence-corrected chi connectivity index (χ4v) is 4.03. The van der Waals surface area contributed by atoms with Gasteiger partial charge in [-0.05, 0) is 62.0 Å². The van der Waals surface area contributed by atoms with Crippen LogP contribution in [0.15, 0.2) is 29.2 Å². The highest BCUT2D eigenvalue weighted by Gasteiger charge is 2.25. The summed E-state index contributed by atoms with van der Waals surface area (Å²) in [6, 6.07) is 8.14. The van der Waals surface area contributed by atoms with E-state index in [0.29, 0.717) is 6.04 Å². The number of nitrogens with two attached hydrogens (primary N) is 1. The number of primary amides is 1. The summed E-state index contributed by atoms with van der Waals surface area (Å²) in [6.45, 7) is 3.04. The van der Waals surface area contributed by atoms with Gasteiger partial charge in [0.2, 0.25) is 0 Å². The first-order valence-electron chi connectivity index (χ1n) is 8.43. The van der Waals surface area contributed by atoms with E-state index in [-0.39, 0.29) is 6.03 Å². The number of hydrogen-bond donors (Lipinski definition) is 1. The van der Waals surface area contributed by atoms with Gasteiger partial charge in [0, 0.05) is 17.5 Å². The van der Waals surface area contributed by atoms with E-state index in [0.717, 1.165) is 43.2 Å². The van der Waals surface area contributed by atoms with Crippen LogP contribution in [0.5, 0.6) is 5.75 Å². The second kappa shape index (κ2) is 9.06. The van der Waals surface area contributed by atoms with E-state index < -0.39 is 0 Å². The maximum Gasteiger partial charge on any atom is 0.315 e. The highest BCUT2D eigenvalue weighted by Crippen LogP contribution is 2.28. The molecule has 5 heteroatoms. The summed E-state index contributed by atoms with van der Waals surface area (Å²) in [6.07, 6.45) is 5.54. The van der Waals surface area contributed by atoms with Crippen LogP contribution >= 0.6 is 11.8 Å². The van der Waals surface area contributed by atoms with Crippen LogP contribution in [-0.2, 0) is 0 Å². The number of amides is 2. The molecule has 0 atom stereocenters. The normalized spacial score (nSPS) is 21.0. The second-order valence-corrected chi connectivity index (χ2v) is 7.49. The molecule has 0 heterocycles. The molecule has 1 fully saturated rings. The molecule has 4 nitrogen and oxygen atoms in total. The second-order valence-electron chi connectivity index (χ2n) is 6.33. The van der Waals surface area contributed by atoms with Gasteiger partial charge in [0.25, 0.3) is 0 Å². The van der Waals surface area contributed by atoms with Gasteiger partial charge >= 0.3 is 6.03 Å². The third-order valence-electron chi connectivity index (χ3n) is 4.56. The number of carbonyl (C=O) groups excluding carboxylic acids is 1. The highest BCUT2D eigenvalue weighted by molar-refractivity contribution is 7.99. The van der Waals surface area contributed by atoms with Crippen LogP contribution in [0, 0.1) is 5.92 Å². The number of nitrogens with zero attached hydrogens (tertiary/aromatic N) is 1. The third kappa shape index (κ3) is 5.65. The number of benzene rings is 1. The zero-order chi connectivity index (χ0) is 16.7. The average Bonchev–Trinajstić information content (AvgIpc) is 2.56. The zero-order valence-electron chi connectivity index (χ0n) is 14.2. The standard InChI is InChI=1S/C18H28N2O2S/c1-14-7-9-15(10-8-14)20(18(19)21)11-4-12-23-17-6-3-5-16(13-17)22-2/h3,5-6,13-15H,4,7-12H2,1-2H3,(H2,19,21). The topological polar surface area (TPSA) is 55.6 Å². The fraction of sp³-hybridized carbons (Fsp3) is 0.611. The summed E-state index contributed by atoms with van der Waals surface area (Å²) in [4.78, 5) is 14.8. The number of carbonyl (C=O) groups is 1. The van der Waals surface area contributed by atoms with Crippen molar-refractivity contribution in [2.75, 3.05) is 19.4 Å². The zero-order valence-corrected chi connectivity index (χ0v) is 15.0. The minimum Gasteiger partial charge on any atom is -0.497 e. The van der Waals surface area contributed by atoms with E-state index in [1.165, 1.54) is 17.7 Å². The Morgan fingerprint density at radius 3 is 2.74 bits per heavy atom. The lowest BCUT2D eigenvalue weighted by atomic mass is 9.86. The van der Waals surface area contributed by atoms with Gasteiger partial charge in [-0.15, -0.1) is 11.8 Å². The molecule has 2 amide bonds. The highest BCUT2D eigenvalue weighted by atomic mass is 32.2. The smallest absolute Gasteiger partial charge is 0.315 e. The molecular formula is C18H28N2O2S. The van der Waals surface area contributed by atoms with Crippen LogP contribution in [0.2, 0.25) is 0 Å². The molecule has 0 aromatic heterocycles. The number of hydrogen-bond acceptors (Lipinski definition) is 3. The third-order valence-corrected chi connectivity index (χ3v) is 5.64. The lowest BCUT2D eigenvalue weighted by molar-refractivity contribution is 0.153. The summed E-state index contributed by atoms with van der Waals surface area (Å²) in [5.74, 6) is 2.63. The summed E-state index contributed by atoms with van der Waals surface area (Å²) in [5.41, 5.74) is 5.60. The van der Waals surface area contributed by atoms with Crippen LogP contribution in [0.25, 0.3) is 0 Å². The maximum absolute atomic E-state index is 11.8. The minimum absolute atomic E-state index is 0.268. The summed E-state index contributed by atoms with van der Waals surface area (Å²) >= 11 is 1.79. The largest absolute Gasteiger partial charge is 0.497 e. The first-order valence-corrected chi connectivity index (χ1v) is 9.41. The SMILES string of the molecule is COc1cccc(SCCCN(C(N)=O)C2CCC(C)CC2)c1. The number of thioether (sulfide) groups is 1. The Morgan fingerprint density at radius 2 is 2.09 bits per heavy atom. The molecule has 0 saturated heterocycles. The molecule has 2 N–H and O–H groups in total. The van der Waals surface area contributed by atoms with E-state index in [1.54, 1.807) is 18.9 Å². The number of methoxy groups -OCH3 is 1. The van der Waals surface area contributed by atoms with E-state index in [1.807, 2.05) is 23.1 Å². The average molecular weight is 337 g/mol. The molecule has 23 heavy (non-hydrogen) atoms. The first-order chi connectivity index (χ1) is 11.1. The first kappa shape index (κ1) is 18.0. The van der Waals surface area contributed by atoms with Crippen LogP contribution in [0.4, 0.5) is 4.79 Å². The van der Waals surface area contributed by atoms with Crippen molar-refractivity contribution in [3.8, 4) is 5.75 Å². The Balaban J connectivity index is 1.77. The molecule has 1 saturated carbocycles. The lowest BCUT2D eigenvalue weighted by Crippen LogP contribution is -2.45. The van der Waals surface area contributed by atoms with Gasteiger partial charge < -0.3 is 15.4 Å². The molecule has 2 rings (SSSR count). The maximum atomic E-state index is 11.8. The quantitative estimate of drug-likeness (QED) is 0.601. The van der Waals surface area contributed by atoms with Gasteiger partial charge in [0.1, 0.15) is 5.75 Å². The van der Waals surface area contributed by atoms with E-state index in [4.69, 9.17) is 10.5 Å². The number of rotatable bonds is 7. The van der Waals surface area contributed by atoms with Crippen molar-refractivity contribution < 1.29 is 9.53 Å². The van der Waals surface area contributed by atoms with Crippen molar-refractivity contribution in [3.63, 3.8) is 0 Å². The minimum atomic E-state index is -0.268. The molecule has 0 spiro atoms. The van der Waals surface area contributed by atoms with E-state index >= 15 is 0 Å². The van der Waals surface area contributed by atoms with Crippen molar-refractivity contribution in [1.29, 1.82) is 0 Å². The van der Waals surface area contributed by atoms with Crippen LogP contribution < -0.4 is 10.5 Å². The van der Waals surface area contributed by atoms with Gasteiger partial charge in [0.15, 0.2) is 0 Å². The van der Waals surface area contributed by atoms with E-state index in [2.05, 4.69) is 13.0 Å². The van der Waals surface area contributed by atoms with Gasteiger partial charge in [-0.2, -0.15) is 0 Å². The van der Waals surface area contributed by atoms with Crippen molar-refractivity contribution in [2.45, 2.75) is 50.0 Å². The van der Waals surface area contributed by atoms with Crippen molar-refractivity contribution in [2.24, 2.45) is 11.7 Å². The van der Waals surface area contributed by atoms with Crippen molar-refractivity contribution in [1.82, 2.24) is 4.90 Å². The van der Waals surface area contributed by atoms with Gasteiger partial charge in [-0.3, -0.25) is 0 Å². The predicted molar refractivity (Wildman–Crippen MR) is 96.0 cm³/mol. The summed E-state index contributed by atoms with van der Waals surface area (Å²) in [7, 11) is 1.68. The number of urea groups is 1.